The van der Waals surface area contributed by atoms with E-state index < -0.39 is 0 Å². The van der Waals surface area contributed by atoms with Crippen LogP contribution in [-0.2, 0) is 4.79 Å². The van der Waals surface area contributed by atoms with Gasteiger partial charge in [-0.25, -0.2) is 4.98 Å². The Balaban J connectivity index is 1.38. The van der Waals surface area contributed by atoms with Gasteiger partial charge < -0.3 is 15.5 Å². The van der Waals surface area contributed by atoms with E-state index in [9.17, 15) is 4.79 Å². The van der Waals surface area contributed by atoms with Crippen molar-refractivity contribution >= 4 is 17.7 Å². The van der Waals surface area contributed by atoms with Gasteiger partial charge in [0.25, 0.3) is 0 Å². The van der Waals surface area contributed by atoms with Crippen molar-refractivity contribution in [2.75, 3.05) is 30.3 Å². The molecular formula is C23H29N5O. The summed E-state index contributed by atoms with van der Waals surface area (Å²) >= 11 is 0. The molecule has 1 aliphatic carbocycles. The van der Waals surface area contributed by atoms with Crippen LogP contribution in [0.2, 0.25) is 0 Å². The molecular weight excluding hydrogens is 362 g/mol. The SMILES string of the molecule is Cc1cc(N2CCC3(CC2)C[C@@H](c2ccccc2)C(=O)N(C2CC2)C3)nc(N)n1. The zero-order valence-electron chi connectivity index (χ0n) is 17.1. The van der Waals surface area contributed by atoms with Gasteiger partial charge in [0, 0.05) is 37.4 Å². The third-order valence-corrected chi connectivity index (χ3v) is 6.92. The Morgan fingerprint density at radius 3 is 2.48 bits per heavy atom. The summed E-state index contributed by atoms with van der Waals surface area (Å²) in [5, 5.41) is 0. The molecule has 2 aromatic rings. The summed E-state index contributed by atoms with van der Waals surface area (Å²) in [5.74, 6) is 1.60. The monoisotopic (exact) mass is 391 g/mol. The number of hydrogen-bond acceptors (Lipinski definition) is 5. The van der Waals surface area contributed by atoms with Crippen LogP contribution in [0.25, 0.3) is 0 Å². The normalized spacial score (nSPS) is 24.2. The molecule has 29 heavy (non-hydrogen) atoms. The van der Waals surface area contributed by atoms with E-state index in [1.807, 2.05) is 19.1 Å². The van der Waals surface area contributed by atoms with E-state index in [0.29, 0.717) is 17.9 Å². The standard InChI is InChI=1S/C23H29N5O/c1-16-13-20(26-22(24)25-16)27-11-9-23(10-12-27)14-19(17-5-3-2-4-6-17)21(29)28(15-23)18-7-8-18/h2-6,13,18-19H,7-12,14-15H2,1H3,(H2,24,25,26)/t19-/m0/s1. The quantitative estimate of drug-likeness (QED) is 0.870. The van der Waals surface area contributed by atoms with Crippen LogP contribution in [0.15, 0.2) is 36.4 Å². The van der Waals surface area contributed by atoms with Gasteiger partial charge in [-0.1, -0.05) is 30.3 Å². The zero-order valence-corrected chi connectivity index (χ0v) is 17.1. The highest BCUT2D eigenvalue weighted by atomic mass is 16.2. The average molecular weight is 392 g/mol. The minimum Gasteiger partial charge on any atom is -0.368 e. The number of nitrogens with zero attached hydrogens (tertiary/aromatic N) is 4. The maximum absolute atomic E-state index is 13.3. The van der Waals surface area contributed by atoms with Gasteiger partial charge in [0.05, 0.1) is 5.92 Å². The number of piperidine rings is 2. The second kappa shape index (κ2) is 7.01. The highest BCUT2D eigenvalue weighted by Gasteiger charge is 2.49. The third-order valence-electron chi connectivity index (χ3n) is 6.92. The molecule has 3 fully saturated rings. The number of carbonyl (C=O) groups is 1. The predicted octanol–water partition coefficient (Wildman–Crippen LogP) is 3.13. The molecule has 2 saturated heterocycles. The van der Waals surface area contributed by atoms with Gasteiger partial charge >= 0.3 is 0 Å². The van der Waals surface area contributed by atoms with Gasteiger partial charge in [0.2, 0.25) is 11.9 Å². The Labute approximate surface area is 172 Å². The average Bonchev–Trinajstić information content (AvgIpc) is 3.55. The third kappa shape index (κ3) is 3.56. The number of rotatable bonds is 3. The summed E-state index contributed by atoms with van der Waals surface area (Å²) in [6.07, 6.45) is 5.44. The molecule has 6 heteroatoms. The molecule has 152 valence electrons. The fourth-order valence-electron chi connectivity index (χ4n) is 5.17. The number of hydrogen-bond donors (Lipinski definition) is 1. The van der Waals surface area contributed by atoms with Crippen molar-refractivity contribution in [3.05, 3.63) is 47.7 Å². The number of aryl methyl sites for hydroxylation is 1. The van der Waals surface area contributed by atoms with Gasteiger partial charge in [-0.2, -0.15) is 4.98 Å². The summed E-state index contributed by atoms with van der Waals surface area (Å²) in [4.78, 5) is 26.5. The summed E-state index contributed by atoms with van der Waals surface area (Å²) in [7, 11) is 0. The highest BCUT2D eigenvalue weighted by Crippen LogP contribution is 2.48. The van der Waals surface area contributed by atoms with Crippen LogP contribution >= 0.6 is 0 Å². The number of nitrogens with two attached hydrogens (primary N) is 1. The number of likely N-dealkylation sites (tertiary alicyclic amines) is 1. The molecule has 1 spiro atoms. The lowest BCUT2D eigenvalue weighted by Gasteiger charge is -2.50. The first-order valence-corrected chi connectivity index (χ1v) is 10.7. The minimum absolute atomic E-state index is 0.00552. The zero-order chi connectivity index (χ0) is 20.0. The lowest BCUT2D eigenvalue weighted by atomic mass is 9.67. The van der Waals surface area contributed by atoms with E-state index in [0.717, 1.165) is 63.3 Å². The van der Waals surface area contributed by atoms with Gasteiger partial charge in [-0.3, -0.25) is 4.79 Å². The number of benzene rings is 1. The summed E-state index contributed by atoms with van der Waals surface area (Å²) < 4.78 is 0. The first kappa shape index (κ1) is 18.4. The van der Waals surface area contributed by atoms with E-state index in [4.69, 9.17) is 5.73 Å². The molecule has 1 aromatic carbocycles. The summed E-state index contributed by atoms with van der Waals surface area (Å²) in [6.45, 7) is 4.77. The van der Waals surface area contributed by atoms with Crippen LogP contribution in [-0.4, -0.2) is 46.5 Å². The van der Waals surface area contributed by atoms with E-state index >= 15 is 0 Å². The molecule has 2 N–H and O–H groups in total. The molecule has 3 heterocycles. The largest absolute Gasteiger partial charge is 0.368 e. The number of aromatic nitrogens is 2. The van der Waals surface area contributed by atoms with E-state index in [2.05, 4.69) is 44.0 Å². The van der Waals surface area contributed by atoms with Crippen molar-refractivity contribution < 1.29 is 4.79 Å². The second-order valence-corrected chi connectivity index (χ2v) is 9.08. The number of carbonyl (C=O) groups excluding carboxylic acids is 1. The molecule has 1 atom stereocenters. The molecule has 1 aromatic heterocycles. The fourth-order valence-corrected chi connectivity index (χ4v) is 5.17. The Bertz CT molecular complexity index is 882. The van der Waals surface area contributed by atoms with Gasteiger partial charge in [0.1, 0.15) is 5.82 Å². The van der Waals surface area contributed by atoms with Crippen LogP contribution in [0.4, 0.5) is 11.8 Å². The number of nitrogen functional groups attached to an aromatic ring is 1. The maximum Gasteiger partial charge on any atom is 0.230 e. The fraction of sp³-hybridized carbons (Fsp3) is 0.522. The molecule has 2 aliphatic heterocycles. The highest BCUT2D eigenvalue weighted by molar-refractivity contribution is 5.85. The Morgan fingerprint density at radius 1 is 1.10 bits per heavy atom. The van der Waals surface area contributed by atoms with Crippen molar-refractivity contribution in [2.24, 2.45) is 5.41 Å². The lowest BCUT2D eigenvalue weighted by molar-refractivity contribution is -0.141. The summed E-state index contributed by atoms with van der Waals surface area (Å²) in [6, 6.07) is 12.9. The van der Waals surface area contributed by atoms with Crippen LogP contribution in [0.5, 0.6) is 0 Å². The smallest absolute Gasteiger partial charge is 0.230 e. The number of anilines is 2. The maximum atomic E-state index is 13.3. The van der Waals surface area contributed by atoms with Crippen LogP contribution < -0.4 is 10.6 Å². The van der Waals surface area contributed by atoms with Crippen molar-refractivity contribution in [3.8, 4) is 0 Å². The molecule has 0 bridgehead atoms. The molecule has 0 unspecified atom stereocenters. The Kier molecular flexibility index (Phi) is 4.45. The van der Waals surface area contributed by atoms with Crippen LogP contribution in [0.3, 0.4) is 0 Å². The van der Waals surface area contributed by atoms with E-state index in [-0.39, 0.29) is 11.3 Å². The van der Waals surface area contributed by atoms with E-state index in [1.54, 1.807) is 0 Å². The minimum atomic E-state index is -0.00552. The van der Waals surface area contributed by atoms with Gasteiger partial charge in [-0.05, 0) is 50.0 Å². The van der Waals surface area contributed by atoms with Crippen molar-refractivity contribution in [1.29, 1.82) is 0 Å². The molecule has 1 amide bonds. The van der Waals surface area contributed by atoms with Crippen LogP contribution in [0.1, 0.15) is 49.3 Å². The first-order chi connectivity index (χ1) is 14.0. The Morgan fingerprint density at radius 2 is 1.83 bits per heavy atom. The molecule has 1 saturated carbocycles. The lowest BCUT2D eigenvalue weighted by Crippen LogP contribution is -2.54. The van der Waals surface area contributed by atoms with Gasteiger partial charge in [0.15, 0.2) is 0 Å². The topological polar surface area (TPSA) is 75.4 Å². The first-order valence-electron chi connectivity index (χ1n) is 10.7. The van der Waals surface area contributed by atoms with Crippen LogP contribution in [0, 0.1) is 12.3 Å². The van der Waals surface area contributed by atoms with E-state index in [1.165, 1.54) is 5.56 Å². The van der Waals surface area contributed by atoms with Crippen molar-refractivity contribution in [2.45, 2.75) is 51.0 Å². The van der Waals surface area contributed by atoms with Crippen molar-refractivity contribution in [1.82, 2.24) is 14.9 Å². The summed E-state index contributed by atoms with van der Waals surface area (Å²) in [5.41, 5.74) is 8.13. The Hall–Kier alpha value is -2.63. The molecule has 3 aliphatic rings. The molecule has 6 nitrogen and oxygen atoms in total. The van der Waals surface area contributed by atoms with Gasteiger partial charge in [-0.15, -0.1) is 0 Å². The molecule has 5 rings (SSSR count). The second-order valence-electron chi connectivity index (χ2n) is 9.08. The number of amides is 1. The molecule has 0 radical (unpaired) electrons. The van der Waals surface area contributed by atoms with Crippen molar-refractivity contribution in [3.63, 3.8) is 0 Å². The predicted molar refractivity (Wildman–Crippen MR) is 114 cm³/mol.